The molecule has 0 radical (unpaired) electrons. The summed E-state index contributed by atoms with van der Waals surface area (Å²) in [5.41, 5.74) is 1.42. The monoisotopic (exact) mass is 373 g/mol. The Morgan fingerprint density at radius 1 is 1.04 bits per heavy atom. The van der Waals surface area contributed by atoms with E-state index in [1.165, 1.54) is 44.9 Å². The van der Waals surface area contributed by atoms with Crippen molar-refractivity contribution in [1.82, 2.24) is 5.32 Å². The molecule has 4 saturated carbocycles. The molecule has 0 aromatic heterocycles. The van der Waals surface area contributed by atoms with Crippen LogP contribution in [0.4, 0.5) is 0 Å². The van der Waals surface area contributed by atoms with Gasteiger partial charge >= 0.3 is 0 Å². The van der Waals surface area contributed by atoms with E-state index in [2.05, 4.69) is 32.2 Å². The molecule has 0 aromatic rings. The summed E-state index contributed by atoms with van der Waals surface area (Å²) in [6.07, 6.45) is 14.1. The van der Waals surface area contributed by atoms with Crippen LogP contribution < -0.4 is 5.32 Å². The van der Waals surface area contributed by atoms with Crippen molar-refractivity contribution in [3.63, 3.8) is 0 Å². The molecule has 0 heterocycles. The van der Waals surface area contributed by atoms with Gasteiger partial charge in [-0.05, 0) is 99.7 Å². The molecule has 0 amide bonds. The summed E-state index contributed by atoms with van der Waals surface area (Å²) in [6.45, 7) is 7.06. The molecular formula is C24H39NO2. The third-order valence-electron chi connectivity index (χ3n) is 9.83. The first-order valence-electron chi connectivity index (χ1n) is 11.6. The summed E-state index contributed by atoms with van der Waals surface area (Å²) in [6, 6.07) is 0.548. The predicted molar refractivity (Wildman–Crippen MR) is 108 cm³/mol. The highest BCUT2D eigenvalue weighted by atomic mass is 16.3. The molecule has 5 rings (SSSR count). The Morgan fingerprint density at radius 3 is 2.56 bits per heavy atom. The molecule has 5 aliphatic carbocycles. The second kappa shape index (κ2) is 6.06. The Kier molecular flexibility index (Phi) is 4.18. The van der Waals surface area contributed by atoms with Crippen LogP contribution in [0.5, 0.6) is 0 Å². The van der Waals surface area contributed by atoms with Gasteiger partial charge in [0, 0.05) is 12.0 Å². The van der Waals surface area contributed by atoms with E-state index < -0.39 is 5.72 Å². The number of hydrogen-bond acceptors (Lipinski definition) is 3. The number of fused-ring (bicyclic) bond motifs is 5. The zero-order valence-corrected chi connectivity index (χ0v) is 17.5. The molecule has 4 fully saturated rings. The average molecular weight is 374 g/mol. The maximum Gasteiger partial charge on any atom is 0.116 e. The van der Waals surface area contributed by atoms with E-state index >= 15 is 0 Å². The maximum absolute atomic E-state index is 11.3. The molecular weight excluding hydrogens is 334 g/mol. The fraction of sp³-hybridized carbons (Fsp3) is 0.917. The summed E-state index contributed by atoms with van der Waals surface area (Å²) < 4.78 is 0. The van der Waals surface area contributed by atoms with E-state index in [9.17, 15) is 10.2 Å². The van der Waals surface area contributed by atoms with Gasteiger partial charge < -0.3 is 10.2 Å². The molecule has 3 nitrogen and oxygen atoms in total. The Hall–Kier alpha value is -0.380. The van der Waals surface area contributed by atoms with Crippen LogP contribution in [-0.2, 0) is 0 Å². The van der Waals surface area contributed by atoms with E-state index in [4.69, 9.17) is 0 Å². The highest BCUT2D eigenvalue weighted by Crippen LogP contribution is 2.67. The lowest BCUT2D eigenvalue weighted by Gasteiger charge is -2.58. The Morgan fingerprint density at radius 2 is 1.81 bits per heavy atom. The quantitative estimate of drug-likeness (QED) is 0.508. The molecule has 3 N–H and O–H groups in total. The molecule has 0 spiro atoms. The highest BCUT2D eigenvalue weighted by molar-refractivity contribution is 5.25. The molecule has 27 heavy (non-hydrogen) atoms. The normalized spacial score (nSPS) is 51.6. The molecule has 5 aliphatic rings. The molecule has 8 atom stereocenters. The van der Waals surface area contributed by atoms with Gasteiger partial charge in [-0.15, -0.1) is 0 Å². The fourth-order valence-corrected chi connectivity index (χ4v) is 8.31. The molecule has 152 valence electrons. The van der Waals surface area contributed by atoms with E-state index in [0.717, 1.165) is 37.0 Å². The second-order valence-electron chi connectivity index (χ2n) is 11.4. The van der Waals surface area contributed by atoms with Crippen LogP contribution in [-0.4, -0.2) is 28.1 Å². The average Bonchev–Trinajstić information content (AvgIpc) is 3.32. The SMILES string of the molecule is C[C@]12CC[C@H]3[C@@H](CC=C4C[C@@H](O)CC[C@@]43C)[C@@H]1CC[C@@H]2[C@@](C)(O)NC1CC1. The van der Waals surface area contributed by atoms with E-state index in [1.807, 2.05) is 0 Å². The van der Waals surface area contributed by atoms with Gasteiger partial charge in [0.25, 0.3) is 0 Å². The summed E-state index contributed by atoms with van der Waals surface area (Å²) in [5, 5.41) is 25.1. The smallest absolute Gasteiger partial charge is 0.116 e. The van der Waals surface area contributed by atoms with Crippen molar-refractivity contribution in [2.75, 3.05) is 0 Å². The summed E-state index contributed by atoms with van der Waals surface area (Å²) in [4.78, 5) is 0. The van der Waals surface area contributed by atoms with Crippen LogP contribution >= 0.6 is 0 Å². The minimum Gasteiger partial charge on any atom is -0.393 e. The third-order valence-corrected chi connectivity index (χ3v) is 9.83. The van der Waals surface area contributed by atoms with Crippen molar-refractivity contribution in [3.8, 4) is 0 Å². The summed E-state index contributed by atoms with van der Waals surface area (Å²) in [5.74, 6) is 2.68. The van der Waals surface area contributed by atoms with E-state index in [1.54, 1.807) is 5.57 Å². The third kappa shape index (κ3) is 2.79. The molecule has 0 saturated heterocycles. The first-order chi connectivity index (χ1) is 12.7. The van der Waals surface area contributed by atoms with Gasteiger partial charge in [-0.1, -0.05) is 25.5 Å². The van der Waals surface area contributed by atoms with Gasteiger partial charge in [-0.2, -0.15) is 0 Å². The minimum atomic E-state index is -0.716. The largest absolute Gasteiger partial charge is 0.393 e. The number of rotatable bonds is 3. The van der Waals surface area contributed by atoms with Crippen LogP contribution in [0.3, 0.4) is 0 Å². The van der Waals surface area contributed by atoms with Gasteiger partial charge in [0.2, 0.25) is 0 Å². The van der Waals surface area contributed by atoms with Crippen molar-refractivity contribution >= 4 is 0 Å². The fourth-order valence-electron chi connectivity index (χ4n) is 8.31. The van der Waals surface area contributed by atoms with Crippen LogP contribution in [0.15, 0.2) is 11.6 Å². The maximum atomic E-state index is 11.3. The van der Waals surface area contributed by atoms with E-state index in [0.29, 0.717) is 17.4 Å². The summed E-state index contributed by atoms with van der Waals surface area (Å²) >= 11 is 0. The lowest BCUT2D eigenvalue weighted by atomic mass is 9.47. The molecule has 0 unspecified atom stereocenters. The molecule has 0 aliphatic heterocycles. The Balaban J connectivity index is 1.41. The zero-order chi connectivity index (χ0) is 19.0. The van der Waals surface area contributed by atoms with E-state index in [-0.39, 0.29) is 11.5 Å². The Bertz CT molecular complexity index is 638. The first kappa shape index (κ1) is 18.6. The van der Waals surface area contributed by atoms with Crippen molar-refractivity contribution in [2.45, 2.75) is 103 Å². The van der Waals surface area contributed by atoms with Crippen LogP contribution in [0.25, 0.3) is 0 Å². The van der Waals surface area contributed by atoms with Crippen LogP contribution in [0.2, 0.25) is 0 Å². The van der Waals surface area contributed by atoms with Crippen LogP contribution in [0, 0.1) is 34.5 Å². The molecule has 0 aromatic carbocycles. The van der Waals surface area contributed by atoms with Gasteiger partial charge in [0.1, 0.15) is 5.72 Å². The van der Waals surface area contributed by atoms with Gasteiger partial charge in [-0.3, -0.25) is 5.32 Å². The van der Waals surface area contributed by atoms with Crippen molar-refractivity contribution < 1.29 is 10.2 Å². The molecule has 3 heteroatoms. The van der Waals surface area contributed by atoms with Crippen LogP contribution in [0.1, 0.15) is 85.0 Å². The highest BCUT2D eigenvalue weighted by Gasteiger charge is 2.61. The minimum absolute atomic E-state index is 0.116. The van der Waals surface area contributed by atoms with Gasteiger partial charge in [0.05, 0.1) is 6.10 Å². The zero-order valence-electron chi connectivity index (χ0n) is 17.5. The topological polar surface area (TPSA) is 52.5 Å². The Labute approximate surface area is 165 Å². The lowest BCUT2D eigenvalue weighted by molar-refractivity contribution is -0.116. The standard InChI is InChI=1S/C24H39NO2/c1-22-12-10-17(26)14-15(22)4-7-18-19-8-9-21(23(19,2)13-11-20(18)22)24(3,27)25-16-5-6-16/h4,16-21,25-27H,5-14H2,1-3H3/t17-,18-,19-,20-,21-,22-,23-,24+/m0/s1. The van der Waals surface area contributed by atoms with Gasteiger partial charge in [-0.25, -0.2) is 0 Å². The second-order valence-corrected chi connectivity index (χ2v) is 11.4. The first-order valence-corrected chi connectivity index (χ1v) is 11.6. The number of nitrogens with one attached hydrogen (secondary N) is 1. The van der Waals surface area contributed by atoms with Crippen molar-refractivity contribution in [3.05, 3.63) is 11.6 Å². The number of allylic oxidation sites excluding steroid dienone is 1. The number of aliphatic hydroxyl groups is 2. The number of hydrogen-bond donors (Lipinski definition) is 3. The van der Waals surface area contributed by atoms with Crippen molar-refractivity contribution in [1.29, 1.82) is 0 Å². The van der Waals surface area contributed by atoms with Crippen molar-refractivity contribution in [2.24, 2.45) is 34.5 Å². The number of aliphatic hydroxyl groups excluding tert-OH is 1. The molecule has 0 bridgehead atoms. The summed E-state index contributed by atoms with van der Waals surface area (Å²) in [7, 11) is 0. The van der Waals surface area contributed by atoms with Gasteiger partial charge in [0.15, 0.2) is 0 Å². The lowest BCUT2D eigenvalue weighted by Crippen LogP contribution is -2.57. The predicted octanol–water partition coefficient (Wildman–Crippen LogP) is 4.39.